The number of hydrogen-bond acceptors (Lipinski definition) is 5. The molecule has 0 saturated heterocycles. The normalized spacial score (nSPS) is 17.1. The maximum atomic E-state index is 9.70. The average molecular weight is 791 g/mol. The second kappa shape index (κ2) is 16.6. The Balaban J connectivity index is 1.07. The Hall–Kier alpha value is -7.16. The third-order valence-corrected chi connectivity index (χ3v) is 10.5. The van der Waals surface area contributed by atoms with Gasteiger partial charge in [-0.2, -0.15) is 5.26 Å². The molecule has 4 aromatic heterocycles. The molecule has 4 heterocycles. The number of rotatable bonds is 12. The summed E-state index contributed by atoms with van der Waals surface area (Å²) in [6, 6.07) is 34.7. The number of hydrogen-bond donors (Lipinski definition) is 0. The van der Waals surface area contributed by atoms with Crippen molar-refractivity contribution in [3.8, 4) is 39.8 Å². The first-order chi connectivity index (χ1) is 35.0. The molecule has 0 atom stereocenters. The van der Waals surface area contributed by atoms with Crippen molar-refractivity contribution in [3.05, 3.63) is 208 Å². The number of furan rings is 1. The molecule has 0 radical (unpaired) electrons. The van der Waals surface area contributed by atoms with Crippen LogP contribution >= 0.6 is 0 Å². The first-order valence-corrected chi connectivity index (χ1v) is 19.6. The highest BCUT2D eigenvalue weighted by atomic mass is 16.3. The van der Waals surface area contributed by atoms with Gasteiger partial charge in [0, 0.05) is 62.5 Å². The van der Waals surface area contributed by atoms with Gasteiger partial charge in [0.1, 0.15) is 11.2 Å². The van der Waals surface area contributed by atoms with Gasteiger partial charge in [-0.3, -0.25) is 15.0 Å². The molecular formula is C55H44N4O. The van der Waals surface area contributed by atoms with Crippen LogP contribution in [0.5, 0.6) is 0 Å². The summed E-state index contributed by atoms with van der Waals surface area (Å²) in [5, 5.41) is 10.9. The van der Waals surface area contributed by atoms with Crippen molar-refractivity contribution in [3.63, 3.8) is 0 Å². The SMILES string of the molecule is [2H]c1cc2c(oc3c(-c4ccc(C([2H])([2H])C([2H])([2H])c5cc(C([2H])([2H])C([2H])([2H])c6ccc(-c7ccccc7)nc6)cc(C([2H])([2H])C([2H])([2H])c6ccc(-c7ccccc7)nc6)c5)cn4)cc4c(c32)CCC4)c([2H])c1C#N. The molecule has 0 fully saturated rings. The fourth-order valence-corrected chi connectivity index (χ4v) is 7.56. The van der Waals surface area contributed by atoms with Gasteiger partial charge in [-0.1, -0.05) is 97.1 Å². The van der Waals surface area contributed by atoms with Crippen LogP contribution in [0.3, 0.4) is 0 Å². The van der Waals surface area contributed by atoms with Crippen LogP contribution in [-0.4, -0.2) is 15.0 Å². The maximum absolute atomic E-state index is 9.70. The summed E-state index contributed by atoms with van der Waals surface area (Å²) in [5.41, 5.74) is 3.19. The van der Waals surface area contributed by atoms with Crippen LogP contribution in [0, 0.1) is 11.3 Å². The van der Waals surface area contributed by atoms with Crippen LogP contribution in [0.4, 0.5) is 0 Å². The molecule has 0 spiro atoms. The van der Waals surface area contributed by atoms with E-state index in [4.69, 9.17) is 7.16 Å². The lowest BCUT2D eigenvalue weighted by Gasteiger charge is -2.12. The van der Waals surface area contributed by atoms with Gasteiger partial charge < -0.3 is 4.42 Å². The third kappa shape index (κ3) is 7.85. The topological polar surface area (TPSA) is 75.6 Å². The molecular weight excluding hydrogens is 733 g/mol. The molecule has 0 aliphatic heterocycles. The Bertz CT molecular complexity index is 3550. The van der Waals surface area contributed by atoms with E-state index in [2.05, 4.69) is 15.0 Å². The molecule has 0 N–H and O–H groups in total. The zero-order valence-corrected chi connectivity index (χ0v) is 32.2. The van der Waals surface area contributed by atoms with E-state index < -0.39 is 54.9 Å². The Morgan fingerprint density at radius 3 is 1.60 bits per heavy atom. The smallest absolute Gasteiger partial charge is 0.145 e. The Morgan fingerprint density at radius 2 is 1.10 bits per heavy atom. The monoisotopic (exact) mass is 790 g/mol. The minimum atomic E-state index is -3.15. The first kappa shape index (κ1) is 24.7. The summed E-state index contributed by atoms with van der Waals surface area (Å²) in [7, 11) is 0. The number of nitrogens with zero attached hydrogens (tertiary/aromatic N) is 4. The van der Waals surface area contributed by atoms with Gasteiger partial charge in [0.2, 0.25) is 0 Å². The summed E-state index contributed by atoms with van der Waals surface area (Å²) in [6.07, 6.45) is -12.4. The third-order valence-electron chi connectivity index (χ3n) is 10.5. The molecule has 0 saturated carbocycles. The number of fused-ring (bicyclic) bond motifs is 5. The zero-order valence-electron chi connectivity index (χ0n) is 46.2. The standard InChI is InChI=1S/C55H44N4O/c56-33-43-20-24-48-53(31-43)60-55-49(32-46-12-7-13-47(46)54(48)55)52-27-23-39(36-59-52)16-19-42-29-40(17-14-37-21-25-50(57-34-37)44-8-3-1-4-9-44)28-41(30-42)18-15-38-22-26-51(58-35-38)45-10-5-2-6-11-45/h1-6,8-11,20-32,34-36H,7,12-19H2/i14D2,15D2,16D2,17D2,18D2,19D2,20D,31D. The number of pyridine rings is 3. The van der Waals surface area contributed by atoms with Crippen molar-refractivity contribution in [1.29, 1.82) is 5.26 Å². The minimum Gasteiger partial charge on any atom is -0.455 e. The predicted molar refractivity (Wildman–Crippen MR) is 242 cm³/mol. The van der Waals surface area contributed by atoms with Gasteiger partial charge in [-0.05, 0) is 144 Å². The van der Waals surface area contributed by atoms with Crippen molar-refractivity contribution in [2.24, 2.45) is 0 Å². The lowest BCUT2D eigenvalue weighted by Crippen LogP contribution is -2.01. The number of aromatic nitrogens is 3. The van der Waals surface area contributed by atoms with Crippen molar-refractivity contribution in [2.75, 3.05) is 0 Å². The van der Waals surface area contributed by atoms with E-state index in [1.54, 1.807) is 0 Å². The Morgan fingerprint density at radius 1 is 0.583 bits per heavy atom. The summed E-state index contributed by atoms with van der Waals surface area (Å²) in [4.78, 5) is 13.4. The maximum Gasteiger partial charge on any atom is 0.145 e. The lowest BCUT2D eigenvalue weighted by atomic mass is 9.94. The zero-order chi connectivity index (χ0) is 52.8. The van der Waals surface area contributed by atoms with E-state index in [9.17, 15) is 21.7 Å². The molecule has 1 aliphatic rings. The van der Waals surface area contributed by atoms with Crippen LogP contribution in [0.1, 0.15) is 75.7 Å². The molecule has 1 aliphatic carbocycles. The molecule has 5 nitrogen and oxygen atoms in total. The molecule has 9 aromatic rings. The summed E-state index contributed by atoms with van der Waals surface area (Å²) < 4.78 is 136. The van der Waals surface area contributed by atoms with E-state index in [1.165, 1.54) is 54.9 Å². The summed E-state index contributed by atoms with van der Waals surface area (Å²) in [5.74, 6) is 0. The fourth-order valence-electron chi connectivity index (χ4n) is 7.56. The fraction of sp³-hybridized carbons (Fsp3) is 0.164. The van der Waals surface area contributed by atoms with Crippen LogP contribution in [-0.2, 0) is 51.1 Å². The highest BCUT2D eigenvalue weighted by molar-refractivity contribution is 6.12. The largest absolute Gasteiger partial charge is 0.455 e. The number of aryl methyl sites for hydroxylation is 8. The Labute approximate surface area is 370 Å². The highest BCUT2D eigenvalue weighted by Crippen LogP contribution is 2.42. The van der Waals surface area contributed by atoms with Crippen molar-refractivity contribution in [1.82, 2.24) is 15.0 Å². The van der Waals surface area contributed by atoms with Crippen LogP contribution in [0.15, 0.2) is 162 Å². The molecule has 10 rings (SSSR count). The Kier molecular flexibility index (Phi) is 6.83. The van der Waals surface area contributed by atoms with Gasteiger partial charge >= 0.3 is 0 Å². The van der Waals surface area contributed by atoms with E-state index in [-0.39, 0.29) is 39.9 Å². The number of benzene rings is 5. The van der Waals surface area contributed by atoms with Gasteiger partial charge in [0.05, 0.1) is 31.5 Å². The van der Waals surface area contributed by atoms with E-state index in [1.807, 2.05) is 72.8 Å². The summed E-state index contributed by atoms with van der Waals surface area (Å²) >= 11 is 0. The number of nitriles is 1. The van der Waals surface area contributed by atoms with E-state index in [0.717, 1.165) is 65.9 Å². The van der Waals surface area contributed by atoms with Crippen molar-refractivity contribution < 1.29 is 23.6 Å². The molecule has 0 amide bonds. The summed E-state index contributed by atoms with van der Waals surface area (Å²) in [6.45, 7) is 0. The van der Waals surface area contributed by atoms with E-state index >= 15 is 0 Å². The molecule has 0 unspecified atom stereocenters. The lowest BCUT2D eigenvalue weighted by molar-refractivity contribution is 0.669. The second-order valence-corrected chi connectivity index (χ2v) is 14.4. The molecule has 290 valence electrons. The minimum absolute atomic E-state index is 0.108. The van der Waals surface area contributed by atoms with E-state index in [0.29, 0.717) is 39.0 Å². The average Bonchev–Trinajstić information content (AvgIpc) is 4.05. The van der Waals surface area contributed by atoms with Crippen LogP contribution in [0.25, 0.3) is 55.7 Å². The predicted octanol–water partition coefficient (Wildman–Crippen LogP) is 12.5. The van der Waals surface area contributed by atoms with Crippen LogP contribution < -0.4 is 0 Å². The molecule has 5 aromatic carbocycles. The van der Waals surface area contributed by atoms with Gasteiger partial charge in [-0.25, -0.2) is 0 Å². The molecule has 5 heteroatoms. The molecule has 0 bridgehead atoms. The highest BCUT2D eigenvalue weighted by Gasteiger charge is 2.23. The quantitative estimate of drug-likeness (QED) is 0.123. The second-order valence-electron chi connectivity index (χ2n) is 14.4. The van der Waals surface area contributed by atoms with Crippen molar-refractivity contribution >= 4 is 21.9 Å². The molecule has 60 heavy (non-hydrogen) atoms. The first-order valence-electron chi connectivity index (χ1n) is 26.6. The van der Waals surface area contributed by atoms with Crippen LogP contribution in [0.2, 0.25) is 0 Å². The van der Waals surface area contributed by atoms with Gasteiger partial charge in [0.25, 0.3) is 0 Å². The van der Waals surface area contributed by atoms with Gasteiger partial charge in [0.15, 0.2) is 0 Å². The van der Waals surface area contributed by atoms with Crippen molar-refractivity contribution in [2.45, 2.75) is 57.5 Å². The van der Waals surface area contributed by atoms with Gasteiger partial charge in [-0.15, -0.1) is 0 Å².